The highest BCUT2D eigenvalue weighted by Gasteiger charge is 2.25. The fourth-order valence-electron chi connectivity index (χ4n) is 3.92. The van der Waals surface area contributed by atoms with Crippen LogP contribution in [0, 0.1) is 0 Å². The molecular weight excluding hydrogens is 562 g/mol. The van der Waals surface area contributed by atoms with Crippen LogP contribution in [0.25, 0.3) is 11.0 Å². The highest BCUT2D eigenvalue weighted by Crippen LogP contribution is 2.26. The minimum Gasteiger partial charge on any atom is -0.481 e. The van der Waals surface area contributed by atoms with E-state index in [0.717, 1.165) is 16.9 Å². The SMILES string of the molecule is CN(CCc1c[nH]c2nc(N)[nH]c(=O)c12)c1ccc(C(=O)N[C@@H](CCC(=O)N[C@@H](CCC(=O)O)C(=O)O)C(=O)O)s1. The molecule has 0 aliphatic carbocycles. The third-order valence-electron chi connectivity index (χ3n) is 6.09. The van der Waals surface area contributed by atoms with Crippen molar-refractivity contribution in [1.29, 1.82) is 0 Å². The van der Waals surface area contributed by atoms with Gasteiger partial charge in [0.05, 0.1) is 15.3 Å². The predicted molar refractivity (Wildman–Crippen MR) is 147 cm³/mol. The van der Waals surface area contributed by atoms with E-state index < -0.39 is 54.6 Å². The monoisotopic (exact) mass is 591 g/mol. The van der Waals surface area contributed by atoms with Gasteiger partial charge < -0.3 is 41.6 Å². The topological polar surface area (TPSA) is 261 Å². The van der Waals surface area contributed by atoms with E-state index in [1.54, 1.807) is 19.3 Å². The van der Waals surface area contributed by atoms with Gasteiger partial charge in [0.15, 0.2) is 0 Å². The number of anilines is 2. The average Bonchev–Trinajstić information content (AvgIpc) is 3.55. The number of thiophene rings is 1. The Labute approximate surface area is 235 Å². The van der Waals surface area contributed by atoms with Crippen molar-refractivity contribution in [2.75, 3.05) is 24.2 Å². The minimum atomic E-state index is -1.44. The summed E-state index contributed by atoms with van der Waals surface area (Å²) in [7, 11) is 1.79. The normalized spacial score (nSPS) is 12.4. The van der Waals surface area contributed by atoms with Gasteiger partial charge in [-0.25, -0.2) is 9.59 Å². The molecule has 41 heavy (non-hydrogen) atoms. The van der Waals surface area contributed by atoms with E-state index in [4.69, 9.17) is 15.9 Å². The van der Waals surface area contributed by atoms with Crippen molar-refractivity contribution in [3.05, 3.63) is 39.1 Å². The lowest BCUT2D eigenvalue weighted by molar-refractivity contribution is -0.143. The summed E-state index contributed by atoms with van der Waals surface area (Å²) in [6, 6.07) is 0.350. The molecular formula is C24H29N7O9S. The third-order valence-corrected chi connectivity index (χ3v) is 7.29. The molecule has 9 N–H and O–H groups in total. The first-order chi connectivity index (χ1) is 19.3. The van der Waals surface area contributed by atoms with Gasteiger partial charge in [-0.3, -0.25) is 24.2 Å². The Hall–Kier alpha value is -4.93. The van der Waals surface area contributed by atoms with Gasteiger partial charge in [-0.15, -0.1) is 11.3 Å². The van der Waals surface area contributed by atoms with Crippen LogP contribution in [0.5, 0.6) is 0 Å². The molecule has 0 fully saturated rings. The fraction of sp³-hybridized carbons (Fsp3) is 0.375. The molecule has 0 aliphatic rings. The molecule has 16 nitrogen and oxygen atoms in total. The highest BCUT2D eigenvalue weighted by molar-refractivity contribution is 7.18. The molecule has 3 rings (SSSR count). The molecule has 2 amide bonds. The fourth-order valence-corrected chi connectivity index (χ4v) is 4.82. The molecule has 2 atom stereocenters. The van der Waals surface area contributed by atoms with Crippen LogP contribution >= 0.6 is 11.3 Å². The quantitative estimate of drug-likeness (QED) is 0.116. The van der Waals surface area contributed by atoms with Crippen molar-refractivity contribution in [2.24, 2.45) is 0 Å². The second-order valence-electron chi connectivity index (χ2n) is 9.09. The lowest BCUT2D eigenvalue weighted by Gasteiger charge is -2.17. The molecule has 3 aromatic heterocycles. The Morgan fingerprint density at radius 3 is 2.37 bits per heavy atom. The Morgan fingerprint density at radius 2 is 1.71 bits per heavy atom. The number of hydrogen-bond acceptors (Lipinski definition) is 10. The number of rotatable bonds is 15. The summed E-state index contributed by atoms with van der Waals surface area (Å²) in [6.07, 6.45) is 0.617. The predicted octanol–water partition coefficient (Wildman–Crippen LogP) is -0.0288. The zero-order valence-electron chi connectivity index (χ0n) is 21.8. The number of nitrogen functional groups attached to an aromatic ring is 1. The van der Waals surface area contributed by atoms with E-state index in [2.05, 4.69) is 25.6 Å². The van der Waals surface area contributed by atoms with Gasteiger partial charge in [-0.05, 0) is 37.0 Å². The van der Waals surface area contributed by atoms with Gasteiger partial charge in [0, 0.05) is 32.6 Å². The second-order valence-corrected chi connectivity index (χ2v) is 10.2. The van der Waals surface area contributed by atoms with Crippen LogP contribution in [0.2, 0.25) is 0 Å². The maximum absolute atomic E-state index is 12.7. The number of aromatic nitrogens is 3. The molecule has 3 heterocycles. The molecule has 0 saturated heterocycles. The lowest BCUT2D eigenvalue weighted by atomic mass is 10.1. The standard InChI is InChI=1S/C24H29N7O9S/c1-31(9-8-11-10-26-19-18(11)21(36)30-24(25)29-19)16-6-4-14(41-16)20(35)28-13(23(39)40)2-5-15(32)27-12(22(37)38)3-7-17(33)34/h4,6,10,12-13H,2-3,5,7-9H2,1H3,(H,27,32)(H,28,35)(H,33,34)(H,37,38)(H,39,40)(H4,25,26,29,30,36)/t12-,13-/m0/s1. The van der Waals surface area contributed by atoms with Gasteiger partial charge in [-0.2, -0.15) is 4.98 Å². The maximum atomic E-state index is 12.7. The van der Waals surface area contributed by atoms with E-state index >= 15 is 0 Å². The molecule has 0 saturated carbocycles. The van der Waals surface area contributed by atoms with E-state index in [9.17, 15) is 33.9 Å². The van der Waals surface area contributed by atoms with E-state index in [-0.39, 0.29) is 29.2 Å². The largest absolute Gasteiger partial charge is 0.481 e. The van der Waals surface area contributed by atoms with Crippen molar-refractivity contribution in [3.8, 4) is 0 Å². The van der Waals surface area contributed by atoms with Gasteiger partial charge in [0.2, 0.25) is 11.9 Å². The number of carbonyl (C=O) groups is 5. The number of carboxylic acid groups (broad SMARTS) is 3. The van der Waals surface area contributed by atoms with Crippen molar-refractivity contribution < 1.29 is 39.3 Å². The number of aromatic amines is 2. The number of nitrogens with two attached hydrogens (primary N) is 1. The van der Waals surface area contributed by atoms with Crippen molar-refractivity contribution in [2.45, 2.75) is 44.2 Å². The molecule has 3 aromatic rings. The molecule has 0 bridgehead atoms. The molecule has 17 heteroatoms. The Kier molecular flexibility index (Phi) is 10.0. The first kappa shape index (κ1) is 30.6. The Morgan fingerprint density at radius 1 is 1.05 bits per heavy atom. The molecule has 0 radical (unpaired) electrons. The number of aliphatic carboxylic acids is 3. The average molecular weight is 592 g/mol. The molecule has 220 valence electrons. The van der Waals surface area contributed by atoms with Crippen LogP contribution < -0.4 is 26.8 Å². The summed E-state index contributed by atoms with van der Waals surface area (Å²) in [5.74, 6) is -5.48. The number of amides is 2. The van der Waals surface area contributed by atoms with E-state index in [0.29, 0.717) is 29.0 Å². The number of fused-ring (bicyclic) bond motifs is 1. The molecule has 0 unspecified atom stereocenters. The van der Waals surface area contributed by atoms with Gasteiger partial charge >= 0.3 is 17.9 Å². The number of carboxylic acids is 3. The number of H-pyrrole nitrogens is 2. The number of nitrogens with one attached hydrogen (secondary N) is 4. The van der Waals surface area contributed by atoms with Gasteiger partial charge in [0.25, 0.3) is 11.5 Å². The summed E-state index contributed by atoms with van der Waals surface area (Å²) in [5, 5.41) is 33.0. The first-order valence-electron chi connectivity index (χ1n) is 12.3. The van der Waals surface area contributed by atoms with Crippen molar-refractivity contribution in [1.82, 2.24) is 25.6 Å². The zero-order valence-corrected chi connectivity index (χ0v) is 22.6. The number of hydrogen-bond donors (Lipinski definition) is 8. The van der Waals surface area contributed by atoms with E-state index in [1.807, 2.05) is 4.90 Å². The van der Waals surface area contributed by atoms with Crippen LogP contribution in [0.4, 0.5) is 10.9 Å². The van der Waals surface area contributed by atoms with Crippen LogP contribution in [0.15, 0.2) is 23.1 Å². The first-order valence-corrected chi connectivity index (χ1v) is 13.1. The van der Waals surface area contributed by atoms with Crippen molar-refractivity contribution >= 4 is 63.0 Å². The van der Waals surface area contributed by atoms with Gasteiger partial charge in [0.1, 0.15) is 17.7 Å². The summed E-state index contributed by atoms with van der Waals surface area (Å²) in [4.78, 5) is 82.3. The second kappa shape index (κ2) is 13.4. The molecule has 0 aromatic carbocycles. The Bertz CT molecular complexity index is 1510. The van der Waals surface area contributed by atoms with E-state index in [1.165, 1.54) is 6.07 Å². The summed E-state index contributed by atoms with van der Waals surface area (Å²) >= 11 is 1.12. The maximum Gasteiger partial charge on any atom is 0.326 e. The van der Waals surface area contributed by atoms with Gasteiger partial charge in [-0.1, -0.05) is 0 Å². The summed E-state index contributed by atoms with van der Waals surface area (Å²) in [5.41, 5.74) is 6.33. The van der Waals surface area contributed by atoms with Crippen molar-refractivity contribution in [3.63, 3.8) is 0 Å². The molecule has 0 aliphatic heterocycles. The minimum absolute atomic E-state index is 0.00520. The summed E-state index contributed by atoms with van der Waals surface area (Å²) in [6.45, 7) is 0.481. The lowest BCUT2D eigenvalue weighted by Crippen LogP contribution is -2.44. The Balaban J connectivity index is 1.55. The van der Waals surface area contributed by atoms with Crippen LogP contribution in [0.1, 0.15) is 40.9 Å². The van der Waals surface area contributed by atoms with Crippen LogP contribution in [0.3, 0.4) is 0 Å². The third kappa shape index (κ3) is 8.28. The smallest absolute Gasteiger partial charge is 0.326 e. The molecule has 0 spiro atoms. The highest BCUT2D eigenvalue weighted by atomic mass is 32.1. The number of likely N-dealkylation sites (N-methyl/N-ethyl adjacent to an activating group) is 1. The zero-order chi connectivity index (χ0) is 30.3. The number of nitrogens with zero attached hydrogens (tertiary/aromatic N) is 2. The summed E-state index contributed by atoms with van der Waals surface area (Å²) < 4.78 is 0. The van der Waals surface area contributed by atoms with Crippen LogP contribution in [-0.4, -0.2) is 85.7 Å². The van der Waals surface area contributed by atoms with Crippen LogP contribution in [-0.2, 0) is 25.6 Å². The number of carbonyl (C=O) groups excluding carboxylic acids is 2.